The van der Waals surface area contributed by atoms with Crippen LogP contribution in [0.1, 0.15) is 24.0 Å². The van der Waals surface area contributed by atoms with Crippen molar-refractivity contribution in [1.82, 2.24) is 15.1 Å². The molecule has 1 amide bonds. The predicted molar refractivity (Wildman–Crippen MR) is 118 cm³/mol. The second kappa shape index (κ2) is 9.59. The van der Waals surface area contributed by atoms with E-state index in [-0.39, 0.29) is 36.6 Å². The molecule has 2 aliphatic heterocycles. The maximum Gasteiger partial charge on any atom is 0.416 e. The van der Waals surface area contributed by atoms with E-state index < -0.39 is 39.1 Å². The van der Waals surface area contributed by atoms with Crippen LogP contribution in [0.4, 0.5) is 17.6 Å². The highest BCUT2D eigenvalue weighted by molar-refractivity contribution is 7.89. The SMILES string of the molecule is O=C(NCCc1cccc(C(F)(F)F)c1)C1=CC2(CCN(S(=O)(=O)c3ccc(F)cc3)CC2)ON1. The first kappa shape index (κ1) is 25.1. The molecule has 2 N–H and O–H groups in total. The van der Waals surface area contributed by atoms with Crippen molar-refractivity contribution in [3.05, 3.63) is 77.2 Å². The van der Waals surface area contributed by atoms with Crippen molar-refractivity contribution in [3.63, 3.8) is 0 Å². The number of rotatable bonds is 6. The third-order valence-electron chi connectivity index (χ3n) is 5.99. The molecule has 2 aromatic carbocycles. The molecule has 0 saturated carbocycles. The summed E-state index contributed by atoms with van der Waals surface area (Å²) < 4.78 is 78.5. The van der Waals surface area contributed by atoms with Gasteiger partial charge >= 0.3 is 6.18 Å². The molecule has 12 heteroatoms. The van der Waals surface area contributed by atoms with Crippen LogP contribution in [-0.4, -0.2) is 43.9 Å². The summed E-state index contributed by atoms with van der Waals surface area (Å²) in [7, 11) is -3.79. The summed E-state index contributed by atoms with van der Waals surface area (Å²) in [5.74, 6) is -1.01. The fraction of sp³-hybridized carbons (Fsp3) is 0.348. The average molecular weight is 514 g/mol. The van der Waals surface area contributed by atoms with Gasteiger partial charge in [-0.25, -0.2) is 12.8 Å². The number of carbonyl (C=O) groups is 1. The average Bonchev–Trinajstić information content (AvgIpc) is 3.23. The molecule has 188 valence electrons. The number of nitrogens with zero attached hydrogens (tertiary/aromatic N) is 1. The zero-order valence-electron chi connectivity index (χ0n) is 18.4. The summed E-state index contributed by atoms with van der Waals surface area (Å²) in [5, 5.41) is 2.64. The second-order valence-electron chi connectivity index (χ2n) is 8.39. The normalized spacial score (nSPS) is 18.2. The summed E-state index contributed by atoms with van der Waals surface area (Å²) in [4.78, 5) is 18.1. The maximum absolute atomic E-state index is 13.1. The number of hydrogen-bond donors (Lipinski definition) is 2. The highest BCUT2D eigenvalue weighted by Crippen LogP contribution is 2.34. The Hall–Kier alpha value is -2.96. The number of sulfonamides is 1. The van der Waals surface area contributed by atoms with E-state index in [4.69, 9.17) is 4.84 Å². The van der Waals surface area contributed by atoms with Gasteiger partial charge in [0.25, 0.3) is 5.91 Å². The lowest BCUT2D eigenvalue weighted by atomic mass is 9.92. The van der Waals surface area contributed by atoms with Crippen LogP contribution in [-0.2, 0) is 32.3 Å². The molecular formula is C23H23F4N3O4S. The molecular weight excluding hydrogens is 490 g/mol. The van der Waals surface area contributed by atoms with Crippen LogP contribution in [0, 0.1) is 5.82 Å². The van der Waals surface area contributed by atoms with Gasteiger partial charge in [-0.2, -0.15) is 17.5 Å². The van der Waals surface area contributed by atoms with Crippen LogP contribution < -0.4 is 10.8 Å². The number of nitrogens with one attached hydrogen (secondary N) is 2. The fourth-order valence-electron chi connectivity index (χ4n) is 4.02. The standard InChI is InChI=1S/C23H23F4N3O4S/c24-18-4-6-19(7-5-18)35(32,33)30-12-9-22(10-13-30)15-20(29-34-22)21(31)28-11-8-16-2-1-3-17(14-16)23(25,26)27/h1-7,14-15,29H,8-13H2,(H,28,31). The van der Waals surface area contributed by atoms with Crippen LogP contribution in [0.25, 0.3) is 0 Å². The van der Waals surface area contributed by atoms with Crippen LogP contribution >= 0.6 is 0 Å². The number of alkyl halides is 3. The van der Waals surface area contributed by atoms with E-state index in [1.165, 1.54) is 22.5 Å². The Kier molecular flexibility index (Phi) is 6.89. The molecule has 1 saturated heterocycles. The quantitative estimate of drug-likeness (QED) is 0.580. The Bertz CT molecular complexity index is 1220. The number of halogens is 4. The molecule has 35 heavy (non-hydrogen) atoms. The van der Waals surface area contributed by atoms with Gasteiger partial charge in [-0.05, 0) is 61.2 Å². The summed E-state index contributed by atoms with van der Waals surface area (Å²) in [6.07, 6.45) is -2.03. The van der Waals surface area contributed by atoms with E-state index in [1.54, 1.807) is 12.1 Å². The topological polar surface area (TPSA) is 87.7 Å². The first-order valence-electron chi connectivity index (χ1n) is 10.9. The van der Waals surface area contributed by atoms with Gasteiger partial charge in [-0.1, -0.05) is 18.2 Å². The van der Waals surface area contributed by atoms with Gasteiger partial charge in [0, 0.05) is 19.6 Å². The summed E-state index contributed by atoms with van der Waals surface area (Å²) in [6.45, 7) is 0.403. The van der Waals surface area contributed by atoms with E-state index in [0.717, 1.165) is 24.3 Å². The van der Waals surface area contributed by atoms with Crippen LogP contribution in [0.5, 0.6) is 0 Å². The molecule has 2 heterocycles. The highest BCUT2D eigenvalue weighted by Gasteiger charge is 2.42. The van der Waals surface area contributed by atoms with Crippen LogP contribution in [0.3, 0.4) is 0 Å². The van der Waals surface area contributed by atoms with E-state index in [0.29, 0.717) is 18.4 Å². The van der Waals surface area contributed by atoms with E-state index >= 15 is 0 Å². The molecule has 2 aromatic rings. The van der Waals surface area contributed by atoms with E-state index in [2.05, 4.69) is 10.8 Å². The Labute approximate surface area is 199 Å². The van der Waals surface area contributed by atoms with Crippen LogP contribution in [0.15, 0.2) is 65.2 Å². The maximum atomic E-state index is 13.1. The minimum atomic E-state index is -4.43. The number of amides is 1. The van der Waals surface area contributed by atoms with Crippen molar-refractivity contribution in [2.24, 2.45) is 0 Å². The molecule has 0 atom stereocenters. The second-order valence-corrected chi connectivity index (χ2v) is 10.3. The lowest BCUT2D eigenvalue weighted by Crippen LogP contribution is -2.46. The van der Waals surface area contributed by atoms with Gasteiger partial charge in [0.05, 0.1) is 10.5 Å². The monoisotopic (exact) mass is 513 g/mol. The number of benzene rings is 2. The molecule has 7 nitrogen and oxygen atoms in total. The molecule has 1 spiro atoms. The van der Waals surface area contributed by atoms with Crippen molar-refractivity contribution >= 4 is 15.9 Å². The number of piperidine rings is 1. The minimum Gasteiger partial charge on any atom is -0.350 e. The molecule has 0 unspecified atom stereocenters. The zero-order valence-corrected chi connectivity index (χ0v) is 19.3. The third-order valence-corrected chi connectivity index (χ3v) is 7.90. The molecule has 0 aromatic heterocycles. The lowest BCUT2D eigenvalue weighted by Gasteiger charge is -2.35. The Balaban J connectivity index is 1.31. The van der Waals surface area contributed by atoms with Crippen molar-refractivity contribution in [3.8, 4) is 0 Å². The van der Waals surface area contributed by atoms with E-state index in [1.807, 2.05) is 0 Å². The Morgan fingerprint density at radius 2 is 1.80 bits per heavy atom. The van der Waals surface area contributed by atoms with Gasteiger partial charge in [-0.3, -0.25) is 15.1 Å². The summed E-state index contributed by atoms with van der Waals surface area (Å²) in [6, 6.07) is 9.51. The van der Waals surface area contributed by atoms with Crippen molar-refractivity contribution in [1.29, 1.82) is 0 Å². The summed E-state index contributed by atoms with van der Waals surface area (Å²) >= 11 is 0. The number of hydrogen-bond acceptors (Lipinski definition) is 5. The third kappa shape index (κ3) is 5.65. The van der Waals surface area contributed by atoms with Crippen LogP contribution in [0.2, 0.25) is 0 Å². The zero-order chi connectivity index (χ0) is 25.3. The van der Waals surface area contributed by atoms with Crippen molar-refractivity contribution < 1.29 is 35.6 Å². The lowest BCUT2D eigenvalue weighted by molar-refractivity contribution is -0.137. The number of carbonyl (C=O) groups excluding carboxylic acids is 1. The first-order chi connectivity index (χ1) is 16.5. The molecule has 0 aliphatic carbocycles. The Morgan fingerprint density at radius 3 is 2.46 bits per heavy atom. The molecule has 1 fully saturated rings. The van der Waals surface area contributed by atoms with Gasteiger partial charge in [-0.15, -0.1) is 0 Å². The molecule has 4 rings (SSSR count). The Morgan fingerprint density at radius 1 is 1.11 bits per heavy atom. The largest absolute Gasteiger partial charge is 0.416 e. The minimum absolute atomic E-state index is 0.00306. The van der Waals surface area contributed by atoms with E-state index in [9.17, 15) is 30.8 Å². The molecule has 0 radical (unpaired) electrons. The fourth-order valence-corrected chi connectivity index (χ4v) is 5.46. The highest BCUT2D eigenvalue weighted by atomic mass is 32.2. The molecule has 0 bridgehead atoms. The molecule has 2 aliphatic rings. The van der Waals surface area contributed by atoms with Gasteiger partial charge in [0.15, 0.2) is 0 Å². The summed E-state index contributed by atoms with van der Waals surface area (Å²) in [5.41, 5.74) is 1.57. The first-order valence-corrected chi connectivity index (χ1v) is 12.3. The number of hydroxylamine groups is 1. The van der Waals surface area contributed by atoms with Crippen molar-refractivity contribution in [2.75, 3.05) is 19.6 Å². The van der Waals surface area contributed by atoms with Gasteiger partial charge in [0.2, 0.25) is 10.0 Å². The van der Waals surface area contributed by atoms with Gasteiger partial charge < -0.3 is 5.32 Å². The predicted octanol–water partition coefficient (Wildman–Crippen LogP) is 3.15. The van der Waals surface area contributed by atoms with Gasteiger partial charge in [0.1, 0.15) is 17.1 Å². The smallest absolute Gasteiger partial charge is 0.350 e. The van der Waals surface area contributed by atoms with Crippen molar-refractivity contribution in [2.45, 2.75) is 35.9 Å².